The maximum atomic E-state index is 13.1. The smallest absolute Gasteiger partial charge is 0.329 e. The van der Waals surface area contributed by atoms with Crippen molar-refractivity contribution in [3.8, 4) is 0 Å². The number of carbonyl (C=O) groups is 2. The van der Waals surface area contributed by atoms with Gasteiger partial charge in [-0.3, -0.25) is 9.69 Å². The Bertz CT molecular complexity index is 848. The van der Waals surface area contributed by atoms with Crippen LogP contribution in [0.5, 0.6) is 0 Å². The third kappa shape index (κ3) is 3.96. The first-order chi connectivity index (χ1) is 13.0. The van der Waals surface area contributed by atoms with Crippen molar-refractivity contribution in [3.63, 3.8) is 0 Å². The standard InChI is InChI=1S/C21H25NO5/c1-14-12-16-6-4-5-7-17(16)20(15(14)2)22(18-8-9-27-21(18)24)19(23)13-26-11-10-25-3/h4-7,12,18H,8-11,13H2,1-3H3. The summed E-state index contributed by atoms with van der Waals surface area (Å²) in [5.41, 5.74) is 2.79. The van der Waals surface area contributed by atoms with E-state index in [1.807, 2.05) is 38.1 Å². The number of methoxy groups -OCH3 is 1. The van der Waals surface area contributed by atoms with E-state index < -0.39 is 6.04 Å². The molecular formula is C21H25NO5. The number of ether oxygens (including phenoxy) is 3. The van der Waals surface area contributed by atoms with E-state index in [-0.39, 0.29) is 18.5 Å². The van der Waals surface area contributed by atoms with Crippen LogP contribution in [0.15, 0.2) is 30.3 Å². The van der Waals surface area contributed by atoms with E-state index in [9.17, 15) is 9.59 Å². The number of aryl methyl sites for hydroxylation is 1. The number of hydrogen-bond acceptors (Lipinski definition) is 5. The number of rotatable bonds is 7. The highest BCUT2D eigenvalue weighted by atomic mass is 16.5. The molecule has 1 unspecified atom stereocenters. The van der Waals surface area contributed by atoms with Gasteiger partial charge in [-0.25, -0.2) is 4.79 Å². The maximum Gasteiger partial charge on any atom is 0.329 e. The average molecular weight is 371 g/mol. The van der Waals surface area contributed by atoms with Gasteiger partial charge in [0.25, 0.3) is 5.91 Å². The molecule has 0 N–H and O–H groups in total. The summed E-state index contributed by atoms with van der Waals surface area (Å²) in [6.07, 6.45) is 0.477. The molecule has 1 saturated heterocycles. The highest BCUT2D eigenvalue weighted by Gasteiger charge is 2.37. The predicted molar refractivity (Wildman–Crippen MR) is 103 cm³/mol. The van der Waals surface area contributed by atoms with Crippen molar-refractivity contribution in [2.45, 2.75) is 26.3 Å². The van der Waals surface area contributed by atoms with E-state index in [4.69, 9.17) is 14.2 Å². The van der Waals surface area contributed by atoms with Gasteiger partial charge in [-0.1, -0.05) is 30.3 Å². The minimum absolute atomic E-state index is 0.116. The number of hydrogen-bond donors (Lipinski definition) is 0. The second-order valence-corrected chi connectivity index (χ2v) is 6.67. The molecule has 3 rings (SSSR count). The summed E-state index contributed by atoms with van der Waals surface area (Å²) in [5, 5.41) is 1.96. The van der Waals surface area contributed by atoms with E-state index in [2.05, 4.69) is 6.07 Å². The molecule has 0 aromatic heterocycles. The largest absolute Gasteiger partial charge is 0.464 e. The number of cyclic esters (lactones) is 1. The maximum absolute atomic E-state index is 13.1. The quantitative estimate of drug-likeness (QED) is 0.553. The van der Waals surface area contributed by atoms with Crippen molar-refractivity contribution < 1.29 is 23.8 Å². The van der Waals surface area contributed by atoms with Gasteiger partial charge in [0.1, 0.15) is 12.6 Å². The molecular weight excluding hydrogens is 346 g/mol. The van der Waals surface area contributed by atoms with Gasteiger partial charge in [0, 0.05) is 18.9 Å². The lowest BCUT2D eigenvalue weighted by atomic mass is 9.97. The van der Waals surface area contributed by atoms with Gasteiger partial charge in [-0.15, -0.1) is 0 Å². The summed E-state index contributed by atoms with van der Waals surface area (Å²) in [4.78, 5) is 27.0. The van der Waals surface area contributed by atoms with E-state index in [0.29, 0.717) is 26.2 Å². The molecule has 1 atom stereocenters. The minimum atomic E-state index is -0.632. The average Bonchev–Trinajstić information content (AvgIpc) is 3.08. The Balaban J connectivity index is 2.05. The lowest BCUT2D eigenvalue weighted by Gasteiger charge is -2.30. The molecule has 6 heteroatoms. The van der Waals surface area contributed by atoms with E-state index in [1.54, 1.807) is 12.0 Å². The molecule has 144 valence electrons. The zero-order valence-electron chi connectivity index (χ0n) is 16.0. The van der Waals surface area contributed by atoms with Crippen molar-refractivity contribution in [1.29, 1.82) is 0 Å². The number of amides is 1. The molecule has 1 aliphatic rings. The summed E-state index contributed by atoms with van der Waals surface area (Å²) in [7, 11) is 1.58. The number of anilines is 1. The molecule has 1 aliphatic heterocycles. The fraction of sp³-hybridized carbons (Fsp3) is 0.429. The fourth-order valence-electron chi connectivity index (χ4n) is 3.42. The number of esters is 1. The summed E-state index contributed by atoms with van der Waals surface area (Å²) in [6, 6.07) is 9.35. The summed E-state index contributed by atoms with van der Waals surface area (Å²) >= 11 is 0. The van der Waals surface area contributed by atoms with Crippen molar-refractivity contribution in [2.75, 3.05) is 38.4 Å². The Morgan fingerprint density at radius 3 is 2.74 bits per heavy atom. The molecule has 2 aromatic carbocycles. The van der Waals surface area contributed by atoms with E-state index in [1.165, 1.54) is 0 Å². The van der Waals surface area contributed by atoms with Crippen LogP contribution in [-0.2, 0) is 23.8 Å². The predicted octanol–water partition coefficient (Wildman–Crippen LogP) is 2.77. The number of fused-ring (bicyclic) bond motifs is 1. The molecule has 0 spiro atoms. The first-order valence-corrected chi connectivity index (χ1v) is 9.09. The summed E-state index contributed by atoms with van der Waals surface area (Å²) < 4.78 is 15.6. The third-order valence-corrected chi connectivity index (χ3v) is 4.92. The highest BCUT2D eigenvalue weighted by Crippen LogP contribution is 2.36. The van der Waals surface area contributed by atoms with Gasteiger partial charge in [0.05, 0.1) is 25.5 Å². The number of benzene rings is 2. The van der Waals surface area contributed by atoms with Crippen LogP contribution >= 0.6 is 0 Å². The Kier molecular flexibility index (Phi) is 6.08. The summed E-state index contributed by atoms with van der Waals surface area (Å²) in [5.74, 6) is -0.626. The molecule has 27 heavy (non-hydrogen) atoms. The van der Waals surface area contributed by atoms with Gasteiger partial charge in [0.15, 0.2) is 0 Å². The monoisotopic (exact) mass is 371 g/mol. The first kappa shape index (κ1) is 19.3. The van der Waals surface area contributed by atoms with Crippen LogP contribution in [0.1, 0.15) is 17.5 Å². The molecule has 0 aliphatic carbocycles. The zero-order valence-corrected chi connectivity index (χ0v) is 16.0. The van der Waals surface area contributed by atoms with Gasteiger partial charge < -0.3 is 14.2 Å². The van der Waals surface area contributed by atoms with Crippen LogP contribution in [0.4, 0.5) is 5.69 Å². The fourth-order valence-corrected chi connectivity index (χ4v) is 3.42. The van der Waals surface area contributed by atoms with Gasteiger partial charge in [-0.05, 0) is 30.4 Å². The van der Waals surface area contributed by atoms with Crippen LogP contribution in [-0.4, -0.2) is 51.5 Å². The minimum Gasteiger partial charge on any atom is -0.464 e. The van der Waals surface area contributed by atoms with Gasteiger partial charge in [0.2, 0.25) is 0 Å². The summed E-state index contributed by atoms with van der Waals surface area (Å²) in [6.45, 7) is 4.92. The Hall–Kier alpha value is -2.44. The highest BCUT2D eigenvalue weighted by molar-refractivity contribution is 6.09. The van der Waals surface area contributed by atoms with Crippen LogP contribution in [0.25, 0.3) is 10.8 Å². The topological polar surface area (TPSA) is 65.1 Å². The number of nitrogens with zero attached hydrogens (tertiary/aromatic N) is 1. The SMILES string of the molecule is COCCOCC(=O)N(c1c(C)c(C)cc2ccccc12)C1CCOC1=O. The molecule has 1 amide bonds. The molecule has 0 saturated carbocycles. The van der Waals surface area contributed by atoms with Crippen LogP contribution in [0, 0.1) is 13.8 Å². The second-order valence-electron chi connectivity index (χ2n) is 6.67. The Labute approximate surface area is 159 Å². The molecule has 0 radical (unpaired) electrons. The normalized spacial score (nSPS) is 16.6. The molecule has 2 aromatic rings. The van der Waals surface area contributed by atoms with Crippen molar-refractivity contribution in [3.05, 3.63) is 41.5 Å². The molecule has 0 bridgehead atoms. The lowest BCUT2D eigenvalue weighted by Crippen LogP contribution is -2.45. The zero-order chi connectivity index (χ0) is 19.4. The molecule has 6 nitrogen and oxygen atoms in total. The van der Waals surface area contributed by atoms with Crippen molar-refractivity contribution in [2.24, 2.45) is 0 Å². The van der Waals surface area contributed by atoms with Gasteiger partial charge in [-0.2, -0.15) is 0 Å². The third-order valence-electron chi connectivity index (χ3n) is 4.92. The van der Waals surface area contributed by atoms with Crippen LogP contribution < -0.4 is 4.90 Å². The van der Waals surface area contributed by atoms with Crippen molar-refractivity contribution >= 4 is 28.3 Å². The molecule has 1 fully saturated rings. The number of carbonyl (C=O) groups excluding carboxylic acids is 2. The second kappa shape index (κ2) is 8.50. The van der Waals surface area contributed by atoms with E-state index >= 15 is 0 Å². The Morgan fingerprint density at radius 2 is 2.04 bits per heavy atom. The van der Waals surface area contributed by atoms with Crippen LogP contribution in [0.3, 0.4) is 0 Å². The van der Waals surface area contributed by atoms with Crippen molar-refractivity contribution in [1.82, 2.24) is 0 Å². The van der Waals surface area contributed by atoms with E-state index in [0.717, 1.165) is 27.6 Å². The first-order valence-electron chi connectivity index (χ1n) is 9.09. The Morgan fingerprint density at radius 1 is 1.26 bits per heavy atom. The molecule has 1 heterocycles. The lowest BCUT2D eigenvalue weighted by molar-refractivity contribution is -0.140. The van der Waals surface area contributed by atoms with Crippen LogP contribution in [0.2, 0.25) is 0 Å². The van der Waals surface area contributed by atoms with Gasteiger partial charge >= 0.3 is 5.97 Å².